The molecule has 0 aliphatic rings. The summed E-state index contributed by atoms with van der Waals surface area (Å²) < 4.78 is 5.91. The maximum atomic E-state index is 12.6. The Morgan fingerprint density at radius 3 is 2.47 bits per heavy atom. The van der Waals surface area contributed by atoms with E-state index in [4.69, 9.17) is 4.42 Å². The van der Waals surface area contributed by atoms with Crippen LogP contribution in [0.3, 0.4) is 0 Å². The first kappa shape index (κ1) is 22.3. The lowest BCUT2D eigenvalue weighted by Gasteiger charge is -2.21. The fourth-order valence-corrected chi connectivity index (χ4v) is 4.28. The van der Waals surface area contributed by atoms with Gasteiger partial charge in [-0.05, 0) is 62.6 Å². The second kappa shape index (κ2) is 10.6. The van der Waals surface area contributed by atoms with Crippen molar-refractivity contribution >= 4 is 17.2 Å². The summed E-state index contributed by atoms with van der Waals surface area (Å²) >= 11 is 1.84. The highest BCUT2D eigenvalue weighted by atomic mass is 32.1. The van der Waals surface area contributed by atoms with Gasteiger partial charge in [0.15, 0.2) is 5.76 Å². The Labute approximate surface area is 183 Å². The molecule has 1 unspecified atom stereocenters. The molecule has 0 fully saturated rings. The van der Waals surface area contributed by atoms with E-state index in [1.807, 2.05) is 54.7 Å². The standard InChI is InChI=1S/C25H32N2O2S/c1-18(2)14-15-27(17-23-12-10-19(3)30-23)16-22-11-13-24(29-22)25(28)26-20(4)21-8-6-5-7-9-21/h5-13,18,20H,14-17H2,1-4H3,(H,26,28). The van der Waals surface area contributed by atoms with Crippen LogP contribution in [-0.4, -0.2) is 17.4 Å². The molecule has 1 aromatic carbocycles. The molecule has 5 heteroatoms. The van der Waals surface area contributed by atoms with Gasteiger partial charge in [0.2, 0.25) is 0 Å². The number of hydrogen-bond acceptors (Lipinski definition) is 4. The predicted molar refractivity (Wildman–Crippen MR) is 124 cm³/mol. The third kappa shape index (κ3) is 6.57. The highest BCUT2D eigenvalue weighted by Crippen LogP contribution is 2.20. The summed E-state index contributed by atoms with van der Waals surface area (Å²) in [6, 6.07) is 17.9. The van der Waals surface area contributed by atoms with E-state index < -0.39 is 0 Å². The summed E-state index contributed by atoms with van der Waals surface area (Å²) in [5.74, 6) is 1.66. The lowest BCUT2D eigenvalue weighted by molar-refractivity contribution is 0.0907. The number of nitrogens with zero attached hydrogens (tertiary/aromatic N) is 1. The maximum absolute atomic E-state index is 12.6. The number of furan rings is 1. The molecule has 1 N–H and O–H groups in total. The minimum Gasteiger partial charge on any atom is -0.455 e. The molecule has 0 bridgehead atoms. The van der Waals surface area contributed by atoms with E-state index in [1.165, 1.54) is 9.75 Å². The Balaban J connectivity index is 1.62. The van der Waals surface area contributed by atoms with Crippen molar-refractivity contribution in [2.45, 2.75) is 53.2 Å². The van der Waals surface area contributed by atoms with Gasteiger partial charge in [0, 0.05) is 16.3 Å². The van der Waals surface area contributed by atoms with E-state index in [9.17, 15) is 4.79 Å². The Hall–Kier alpha value is -2.37. The third-order valence-corrected chi connectivity index (χ3v) is 6.10. The summed E-state index contributed by atoms with van der Waals surface area (Å²) in [7, 11) is 0. The number of thiophene rings is 1. The number of hydrogen-bond donors (Lipinski definition) is 1. The van der Waals surface area contributed by atoms with E-state index in [2.05, 4.69) is 43.1 Å². The molecule has 160 valence electrons. The van der Waals surface area contributed by atoms with Gasteiger partial charge in [-0.25, -0.2) is 0 Å². The van der Waals surface area contributed by atoms with Gasteiger partial charge in [-0.2, -0.15) is 0 Å². The van der Waals surface area contributed by atoms with Crippen molar-refractivity contribution in [2.75, 3.05) is 6.54 Å². The lowest BCUT2D eigenvalue weighted by Crippen LogP contribution is -2.26. The van der Waals surface area contributed by atoms with Gasteiger partial charge in [0.25, 0.3) is 5.91 Å². The molecule has 0 aliphatic carbocycles. The molecule has 3 aromatic rings. The van der Waals surface area contributed by atoms with E-state index in [0.717, 1.165) is 30.8 Å². The monoisotopic (exact) mass is 424 g/mol. The van der Waals surface area contributed by atoms with Gasteiger partial charge in [-0.15, -0.1) is 11.3 Å². The summed E-state index contributed by atoms with van der Waals surface area (Å²) in [6.07, 6.45) is 1.13. The van der Waals surface area contributed by atoms with Crippen LogP contribution < -0.4 is 5.32 Å². The highest BCUT2D eigenvalue weighted by molar-refractivity contribution is 7.11. The van der Waals surface area contributed by atoms with Crippen molar-refractivity contribution in [2.24, 2.45) is 5.92 Å². The smallest absolute Gasteiger partial charge is 0.287 e. The fraction of sp³-hybridized carbons (Fsp3) is 0.400. The van der Waals surface area contributed by atoms with E-state index in [0.29, 0.717) is 18.2 Å². The third-order valence-electron chi connectivity index (χ3n) is 5.11. The maximum Gasteiger partial charge on any atom is 0.287 e. The van der Waals surface area contributed by atoms with Gasteiger partial charge in [-0.1, -0.05) is 44.2 Å². The van der Waals surface area contributed by atoms with Crippen LogP contribution in [0.25, 0.3) is 0 Å². The average Bonchev–Trinajstić information content (AvgIpc) is 3.35. The molecule has 0 saturated carbocycles. The predicted octanol–water partition coefficient (Wildman–Crippen LogP) is 6.19. The van der Waals surface area contributed by atoms with E-state index >= 15 is 0 Å². The van der Waals surface area contributed by atoms with Crippen molar-refractivity contribution < 1.29 is 9.21 Å². The van der Waals surface area contributed by atoms with Gasteiger partial charge in [-0.3, -0.25) is 9.69 Å². The van der Waals surface area contributed by atoms with Gasteiger partial charge >= 0.3 is 0 Å². The zero-order chi connectivity index (χ0) is 21.5. The molecule has 1 amide bonds. The van der Waals surface area contributed by atoms with Crippen molar-refractivity contribution in [1.29, 1.82) is 0 Å². The van der Waals surface area contributed by atoms with Crippen LogP contribution >= 0.6 is 11.3 Å². The highest BCUT2D eigenvalue weighted by Gasteiger charge is 2.17. The average molecular weight is 425 g/mol. The summed E-state index contributed by atoms with van der Waals surface area (Å²) in [6.45, 7) is 11.2. The Bertz CT molecular complexity index is 930. The van der Waals surface area contributed by atoms with E-state index in [-0.39, 0.29) is 11.9 Å². The first-order valence-electron chi connectivity index (χ1n) is 10.6. The molecule has 0 saturated heterocycles. The molecular formula is C25H32N2O2S. The molecule has 4 nitrogen and oxygen atoms in total. The van der Waals surface area contributed by atoms with Crippen LogP contribution in [0, 0.1) is 12.8 Å². The van der Waals surface area contributed by atoms with Crippen LogP contribution in [0.2, 0.25) is 0 Å². The molecule has 0 radical (unpaired) electrons. The lowest BCUT2D eigenvalue weighted by atomic mass is 10.1. The number of aryl methyl sites for hydroxylation is 1. The van der Waals surface area contributed by atoms with Crippen LogP contribution in [0.4, 0.5) is 0 Å². The van der Waals surface area contributed by atoms with Crippen molar-refractivity contribution in [3.63, 3.8) is 0 Å². The van der Waals surface area contributed by atoms with Crippen molar-refractivity contribution in [3.05, 3.63) is 81.4 Å². The molecule has 0 spiro atoms. The second-order valence-corrected chi connectivity index (χ2v) is 9.65. The number of rotatable bonds is 10. The van der Waals surface area contributed by atoms with Crippen LogP contribution in [-0.2, 0) is 13.1 Å². The van der Waals surface area contributed by atoms with Crippen LogP contribution in [0.1, 0.15) is 64.9 Å². The molecular weight excluding hydrogens is 392 g/mol. The van der Waals surface area contributed by atoms with Crippen molar-refractivity contribution in [3.8, 4) is 0 Å². The molecule has 30 heavy (non-hydrogen) atoms. The first-order valence-corrected chi connectivity index (χ1v) is 11.4. The van der Waals surface area contributed by atoms with Gasteiger partial charge < -0.3 is 9.73 Å². The quantitative estimate of drug-likeness (QED) is 0.422. The zero-order valence-corrected chi connectivity index (χ0v) is 19.2. The van der Waals surface area contributed by atoms with Gasteiger partial charge in [0.05, 0.1) is 12.6 Å². The number of benzene rings is 1. The van der Waals surface area contributed by atoms with E-state index in [1.54, 1.807) is 6.07 Å². The molecule has 0 aliphatic heterocycles. The minimum absolute atomic E-state index is 0.0724. The summed E-state index contributed by atoms with van der Waals surface area (Å²) in [4.78, 5) is 17.7. The number of carbonyl (C=O) groups is 1. The largest absolute Gasteiger partial charge is 0.455 e. The number of nitrogens with one attached hydrogen (secondary N) is 1. The first-order chi connectivity index (χ1) is 14.4. The summed E-state index contributed by atoms with van der Waals surface area (Å²) in [5.41, 5.74) is 1.07. The number of amides is 1. The van der Waals surface area contributed by atoms with Crippen molar-refractivity contribution in [1.82, 2.24) is 10.2 Å². The normalized spacial score (nSPS) is 12.5. The molecule has 3 rings (SSSR count). The summed E-state index contributed by atoms with van der Waals surface area (Å²) in [5, 5.41) is 3.02. The van der Waals surface area contributed by atoms with Gasteiger partial charge in [0.1, 0.15) is 5.76 Å². The number of carbonyl (C=O) groups excluding carboxylic acids is 1. The Kier molecular flexibility index (Phi) is 7.88. The second-order valence-electron chi connectivity index (χ2n) is 8.28. The Morgan fingerprint density at radius 2 is 1.80 bits per heavy atom. The SMILES string of the molecule is Cc1ccc(CN(CCC(C)C)Cc2ccc(C(=O)NC(C)c3ccccc3)o2)s1. The van der Waals surface area contributed by atoms with Crippen LogP contribution in [0.5, 0.6) is 0 Å². The fourth-order valence-electron chi connectivity index (χ4n) is 3.34. The topological polar surface area (TPSA) is 45.5 Å². The molecule has 1 atom stereocenters. The van der Waals surface area contributed by atoms with Crippen LogP contribution in [0.15, 0.2) is 59.0 Å². The Morgan fingerprint density at radius 1 is 1.03 bits per heavy atom. The minimum atomic E-state index is -0.180. The molecule has 2 aromatic heterocycles. The zero-order valence-electron chi connectivity index (χ0n) is 18.4. The molecule has 2 heterocycles.